The molecule has 1 aliphatic heterocycles. The molecule has 0 saturated carbocycles. The van der Waals surface area contributed by atoms with Gasteiger partial charge in [0.05, 0.1) is 10.5 Å². The number of benzene rings is 1. The van der Waals surface area contributed by atoms with Crippen molar-refractivity contribution in [3.05, 3.63) is 59.4 Å². The van der Waals surface area contributed by atoms with Crippen molar-refractivity contribution in [3.8, 4) is 0 Å². The molecule has 0 spiro atoms. The molecule has 7 heteroatoms. The van der Waals surface area contributed by atoms with Gasteiger partial charge in [-0.2, -0.15) is 0 Å². The number of sulfonamides is 1. The van der Waals surface area contributed by atoms with Crippen LogP contribution < -0.4 is 4.72 Å². The molecule has 1 aromatic carbocycles. The Balaban J connectivity index is 1.62. The van der Waals surface area contributed by atoms with Crippen molar-refractivity contribution in [1.82, 2.24) is 14.6 Å². The third-order valence-corrected chi connectivity index (χ3v) is 6.31. The summed E-state index contributed by atoms with van der Waals surface area (Å²) < 4.78 is 28.1. The third-order valence-electron chi connectivity index (χ3n) is 4.63. The average molecular weight is 373 g/mol. The second-order valence-electron chi connectivity index (χ2n) is 6.70. The van der Waals surface area contributed by atoms with Gasteiger partial charge in [0.25, 0.3) is 5.91 Å². The van der Waals surface area contributed by atoms with E-state index in [9.17, 15) is 13.2 Å². The average Bonchev–Trinajstić information content (AvgIpc) is 2.62. The molecule has 1 fully saturated rings. The lowest BCUT2D eigenvalue weighted by molar-refractivity contribution is 0.0711. The zero-order valence-electron chi connectivity index (χ0n) is 15.0. The van der Waals surface area contributed by atoms with Crippen molar-refractivity contribution in [2.24, 2.45) is 0 Å². The summed E-state index contributed by atoms with van der Waals surface area (Å²) in [5.74, 6) is -0.0613. The van der Waals surface area contributed by atoms with E-state index in [0.717, 1.165) is 11.1 Å². The standard InChI is InChI=1S/C19H23N3O3S/c1-14-5-6-18(15(2)12-14)26(24,25)21-17-7-10-22(11-8-17)19(23)16-4-3-9-20-13-16/h3-6,9,12-13,17,21H,7-8,10-11H2,1-2H3. The number of carbonyl (C=O) groups excluding carboxylic acids is 1. The number of likely N-dealkylation sites (tertiary alicyclic amines) is 1. The summed E-state index contributed by atoms with van der Waals surface area (Å²) in [6, 6.07) is 8.62. The van der Waals surface area contributed by atoms with Gasteiger partial charge in [-0.15, -0.1) is 0 Å². The molecule has 26 heavy (non-hydrogen) atoms. The molecular weight excluding hydrogens is 350 g/mol. The summed E-state index contributed by atoms with van der Waals surface area (Å²) in [6.07, 6.45) is 4.37. The zero-order valence-corrected chi connectivity index (χ0v) is 15.8. The van der Waals surface area contributed by atoms with Gasteiger partial charge in [0, 0.05) is 31.5 Å². The van der Waals surface area contributed by atoms with Crippen LogP contribution in [0.3, 0.4) is 0 Å². The highest BCUT2D eigenvalue weighted by Gasteiger charge is 2.27. The quantitative estimate of drug-likeness (QED) is 0.892. The van der Waals surface area contributed by atoms with E-state index in [1.807, 2.05) is 13.0 Å². The minimum atomic E-state index is -3.56. The van der Waals surface area contributed by atoms with Crippen LogP contribution in [-0.2, 0) is 10.0 Å². The molecule has 0 unspecified atom stereocenters. The van der Waals surface area contributed by atoms with Crippen molar-refractivity contribution in [3.63, 3.8) is 0 Å². The first-order valence-corrected chi connectivity index (χ1v) is 10.1. The number of nitrogens with zero attached hydrogens (tertiary/aromatic N) is 2. The van der Waals surface area contributed by atoms with E-state index in [1.54, 1.807) is 48.5 Å². The highest BCUT2D eigenvalue weighted by atomic mass is 32.2. The molecule has 1 N–H and O–H groups in total. The topological polar surface area (TPSA) is 79.4 Å². The van der Waals surface area contributed by atoms with E-state index in [0.29, 0.717) is 36.4 Å². The molecule has 1 aromatic heterocycles. The van der Waals surface area contributed by atoms with Crippen LogP contribution >= 0.6 is 0 Å². The van der Waals surface area contributed by atoms with Crippen LogP contribution in [0.4, 0.5) is 0 Å². The van der Waals surface area contributed by atoms with Gasteiger partial charge in [0.2, 0.25) is 10.0 Å². The fourth-order valence-corrected chi connectivity index (χ4v) is 4.79. The van der Waals surface area contributed by atoms with Crippen molar-refractivity contribution in [2.75, 3.05) is 13.1 Å². The van der Waals surface area contributed by atoms with E-state index in [4.69, 9.17) is 0 Å². The lowest BCUT2D eigenvalue weighted by Crippen LogP contribution is -2.46. The second kappa shape index (κ2) is 7.55. The number of piperidine rings is 1. The predicted octanol–water partition coefficient (Wildman–Crippen LogP) is 2.28. The number of rotatable bonds is 4. The molecule has 3 rings (SSSR count). The van der Waals surface area contributed by atoms with Gasteiger partial charge in [-0.25, -0.2) is 13.1 Å². The molecule has 1 aliphatic rings. The smallest absolute Gasteiger partial charge is 0.255 e. The molecule has 1 saturated heterocycles. The minimum Gasteiger partial charge on any atom is -0.338 e. The highest BCUT2D eigenvalue weighted by molar-refractivity contribution is 7.89. The van der Waals surface area contributed by atoms with Gasteiger partial charge in [0.15, 0.2) is 0 Å². The zero-order chi connectivity index (χ0) is 18.7. The minimum absolute atomic E-state index is 0.0613. The molecule has 138 valence electrons. The normalized spacial score (nSPS) is 15.8. The molecule has 1 amide bonds. The molecule has 6 nitrogen and oxygen atoms in total. The van der Waals surface area contributed by atoms with E-state index >= 15 is 0 Å². The van der Waals surface area contributed by atoms with Crippen molar-refractivity contribution in [2.45, 2.75) is 37.6 Å². The van der Waals surface area contributed by atoms with Gasteiger partial charge in [-0.3, -0.25) is 9.78 Å². The fourth-order valence-electron chi connectivity index (χ4n) is 3.26. The number of carbonyl (C=O) groups is 1. The SMILES string of the molecule is Cc1ccc(S(=O)(=O)NC2CCN(C(=O)c3cccnc3)CC2)c(C)c1. The van der Waals surface area contributed by atoms with Crippen LogP contribution in [0.25, 0.3) is 0 Å². The van der Waals surface area contributed by atoms with Crippen LogP contribution in [0.15, 0.2) is 47.6 Å². The number of amides is 1. The van der Waals surface area contributed by atoms with Crippen molar-refractivity contribution < 1.29 is 13.2 Å². The Morgan fingerprint density at radius 1 is 1.19 bits per heavy atom. The number of pyridine rings is 1. The van der Waals surface area contributed by atoms with E-state index in [2.05, 4.69) is 9.71 Å². The van der Waals surface area contributed by atoms with Crippen LogP contribution in [0, 0.1) is 13.8 Å². The Bertz CT molecular complexity index is 890. The first kappa shape index (κ1) is 18.5. The van der Waals surface area contributed by atoms with E-state index < -0.39 is 10.0 Å². The lowest BCUT2D eigenvalue weighted by atomic mass is 10.1. The summed E-state index contributed by atoms with van der Waals surface area (Å²) in [5.41, 5.74) is 2.33. The number of aromatic nitrogens is 1. The molecule has 0 radical (unpaired) electrons. The summed E-state index contributed by atoms with van der Waals surface area (Å²) in [7, 11) is -3.56. The van der Waals surface area contributed by atoms with Crippen molar-refractivity contribution >= 4 is 15.9 Å². The molecule has 0 bridgehead atoms. The maximum Gasteiger partial charge on any atom is 0.255 e. The van der Waals surface area contributed by atoms with Gasteiger partial charge in [0.1, 0.15) is 0 Å². The first-order valence-electron chi connectivity index (χ1n) is 8.66. The summed E-state index contributed by atoms with van der Waals surface area (Å²) in [4.78, 5) is 18.5. The summed E-state index contributed by atoms with van der Waals surface area (Å²) in [6.45, 7) is 4.78. The molecular formula is C19H23N3O3S. The third kappa shape index (κ3) is 4.11. The molecule has 0 aliphatic carbocycles. The second-order valence-corrected chi connectivity index (χ2v) is 8.38. The lowest BCUT2D eigenvalue weighted by Gasteiger charge is -2.32. The maximum atomic E-state index is 12.7. The molecule has 2 aromatic rings. The monoisotopic (exact) mass is 373 g/mol. The van der Waals surface area contributed by atoms with Crippen LogP contribution in [0.2, 0.25) is 0 Å². The highest BCUT2D eigenvalue weighted by Crippen LogP contribution is 2.20. The number of hydrogen-bond donors (Lipinski definition) is 1. The van der Waals surface area contributed by atoms with Crippen LogP contribution in [0.1, 0.15) is 34.3 Å². The Morgan fingerprint density at radius 3 is 2.54 bits per heavy atom. The van der Waals surface area contributed by atoms with Gasteiger partial charge in [-0.1, -0.05) is 17.7 Å². The fraction of sp³-hybridized carbons (Fsp3) is 0.368. The number of aryl methyl sites for hydroxylation is 2. The van der Waals surface area contributed by atoms with Gasteiger partial charge in [-0.05, 0) is 50.5 Å². The van der Waals surface area contributed by atoms with Crippen molar-refractivity contribution in [1.29, 1.82) is 0 Å². The Hall–Kier alpha value is -2.25. The van der Waals surface area contributed by atoms with Gasteiger partial charge < -0.3 is 4.90 Å². The Labute approximate surface area is 154 Å². The number of hydrogen-bond acceptors (Lipinski definition) is 4. The van der Waals surface area contributed by atoms with Gasteiger partial charge >= 0.3 is 0 Å². The number of nitrogens with one attached hydrogen (secondary N) is 1. The first-order chi connectivity index (χ1) is 12.4. The summed E-state index contributed by atoms with van der Waals surface area (Å²) in [5, 5.41) is 0. The molecule has 0 atom stereocenters. The Morgan fingerprint density at radius 2 is 1.92 bits per heavy atom. The molecule has 2 heterocycles. The maximum absolute atomic E-state index is 12.7. The largest absolute Gasteiger partial charge is 0.338 e. The van der Waals surface area contributed by atoms with Crippen LogP contribution in [0.5, 0.6) is 0 Å². The van der Waals surface area contributed by atoms with E-state index in [-0.39, 0.29) is 11.9 Å². The van der Waals surface area contributed by atoms with Crippen LogP contribution in [-0.4, -0.2) is 43.3 Å². The Kier molecular flexibility index (Phi) is 5.38. The predicted molar refractivity (Wildman–Crippen MR) is 99.4 cm³/mol. The summed E-state index contributed by atoms with van der Waals surface area (Å²) >= 11 is 0. The van der Waals surface area contributed by atoms with E-state index in [1.165, 1.54) is 0 Å².